The second-order valence-electron chi connectivity index (χ2n) is 9.63. The van der Waals surface area contributed by atoms with Crippen molar-refractivity contribution in [1.82, 2.24) is 0 Å². The Morgan fingerprint density at radius 3 is 2.17 bits per heavy atom. The number of aliphatic carboxylic acids is 1. The van der Waals surface area contributed by atoms with Crippen molar-refractivity contribution < 1.29 is 33.4 Å². The average Bonchev–Trinajstić information content (AvgIpc) is 2.85. The topological polar surface area (TPSA) is 102 Å². The lowest BCUT2D eigenvalue weighted by Crippen LogP contribution is -2.40. The first-order chi connectivity index (χ1) is 16.8. The van der Waals surface area contributed by atoms with Crippen molar-refractivity contribution in [2.75, 3.05) is 19.0 Å². The van der Waals surface area contributed by atoms with Gasteiger partial charge in [0.2, 0.25) is 0 Å². The first kappa shape index (κ1) is 32.9. The van der Waals surface area contributed by atoms with Gasteiger partial charge in [0.05, 0.1) is 18.8 Å². The summed E-state index contributed by atoms with van der Waals surface area (Å²) in [5, 5.41) is 10.1. The lowest BCUT2D eigenvalue weighted by Gasteiger charge is -2.33. The molecule has 0 saturated heterocycles. The number of ether oxygens (including phenoxy) is 2. The molecule has 1 rings (SSSR count). The van der Waals surface area contributed by atoms with Crippen molar-refractivity contribution >= 4 is 25.3 Å². The molecular formula is C26H51O7PS. The highest BCUT2D eigenvalue weighted by Crippen LogP contribution is 2.62. The predicted octanol–water partition coefficient (Wildman–Crippen LogP) is 7.75. The smallest absolute Gasteiger partial charge is 0.382 e. The van der Waals surface area contributed by atoms with Crippen molar-refractivity contribution in [1.29, 1.82) is 0 Å². The molecule has 1 aliphatic carbocycles. The molecule has 0 spiro atoms. The van der Waals surface area contributed by atoms with Gasteiger partial charge in [-0.2, -0.15) is 0 Å². The highest BCUT2D eigenvalue weighted by Gasteiger charge is 2.58. The number of carboxylic acids is 1. The average molecular weight is 539 g/mol. The minimum atomic E-state index is -4.58. The van der Waals surface area contributed by atoms with E-state index in [1.165, 1.54) is 44.9 Å². The molecule has 0 amide bonds. The third-order valence-electron chi connectivity index (χ3n) is 6.54. The van der Waals surface area contributed by atoms with Crippen molar-refractivity contribution in [3.63, 3.8) is 0 Å². The maximum Gasteiger partial charge on any atom is 0.382 e. The van der Waals surface area contributed by atoms with Gasteiger partial charge in [-0.3, -0.25) is 4.57 Å². The van der Waals surface area contributed by atoms with Crippen LogP contribution in [0.4, 0.5) is 0 Å². The van der Waals surface area contributed by atoms with Crippen LogP contribution >= 0.6 is 19.4 Å². The van der Waals surface area contributed by atoms with E-state index >= 15 is 0 Å². The summed E-state index contributed by atoms with van der Waals surface area (Å²) in [6.07, 6.45) is 16.7. The highest BCUT2D eigenvalue weighted by atomic mass is 32.2. The Labute approximate surface area is 218 Å². The van der Waals surface area contributed by atoms with E-state index in [4.69, 9.17) is 14.0 Å². The molecule has 2 N–H and O–H groups in total. The number of hydrogen-bond acceptors (Lipinski definition) is 6. The molecular weight excluding hydrogens is 487 g/mol. The van der Waals surface area contributed by atoms with Gasteiger partial charge >= 0.3 is 18.2 Å². The van der Waals surface area contributed by atoms with E-state index in [2.05, 4.69) is 13.8 Å². The summed E-state index contributed by atoms with van der Waals surface area (Å²) in [6, 6.07) is 0. The molecule has 1 aliphatic rings. The molecule has 0 aromatic heterocycles. The van der Waals surface area contributed by atoms with Crippen LogP contribution in [0.15, 0.2) is 0 Å². The number of unbranched alkanes of at least 4 members (excludes halogenated alkanes) is 7. The molecule has 1 saturated carbocycles. The minimum absolute atomic E-state index is 0.000517. The zero-order valence-electron chi connectivity index (χ0n) is 22.4. The normalized spacial score (nSPS) is 19.2. The fourth-order valence-electron chi connectivity index (χ4n) is 4.37. The van der Waals surface area contributed by atoms with Gasteiger partial charge in [0.25, 0.3) is 0 Å². The molecule has 35 heavy (non-hydrogen) atoms. The van der Waals surface area contributed by atoms with Crippen LogP contribution in [0.1, 0.15) is 124 Å². The van der Waals surface area contributed by atoms with Gasteiger partial charge in [-0.25, -0.2) is 4.79 Å². The minimum Gasteiger partial charge on any atom is -0.478 e. The lowest BCUT2D eigenvalue weighted by molar-refractivity contribution is -0.148. The van der Waals surface area contributed by atoms with E-state index in [1.807, 2.05) is 6.92 Å². The zero-order chi connectivity index (χ0) is 26.0. The first-order valence-corrected chi connectivity index (χ1v) is 16.5. The number of carbonyl (C=O) groups is 1. The molecule has 0 bridgehead atoms. The van der Waals surface area contributed by atoms with E-state index in [0.29, 0.717) is 25.0 Å². The summed E-state index contributed by atoms with van der Waals surface area (Å²) in [5.41, 5.74) is 0. The summed E-state index contributed by atoms with van der Waals surface area (Å²) >= 11 is 0.878. The van der Waals surface area contributed by atoms with Crippen LogP contribution < -0.4 is 0 Å². The molecule has 0 radical (unpaired) electrons. The van der Waals surface area contributed by atoms with Crippen LogP contribution in [-0.2, 0) is 23.4 Å². The number of thioether (sulfide) groups is 1. The Morgan fingerprint density at radius 1 is 0.971 bits per heavy atom. The summed E-state index contributed by atoms with van der Waals surface area (Å²) in [6.45, 7) is 6.19. The van der Waals surface area contributed by atoms with Gasteiger partial charge in [-0.15, -0.1) is 11.8 Å². The maximum atomic E-state index is 13.1. The summed E-state index contributed by atoms with van der Waals surface area (Å²) < 4.78 is 28.0. The van der Waals surface area contributed by atoms with E-state index in [1.54, 1.807) is 0 Å². The van der Waals surface area contributed by atoms with E-state index < -0.39 is 18.2 Å². The molecule has 0 aromatic rings. The standard InChI is InChI=1S/C26H51O7PS/c1-4-7-8-9-10-11-12-16-21-31-26(25(27)28,34(29,30)32-20-5-2)35-22-19-23(6-3)33-24-17-14-13-15-18-24/h23-24H,4-22H2,1-3H3,(H,27,28)(H,29,30). The van der Waals surface area contributed by atoms with E-state index in [9.17, 15) is 19.4 Å². The number of carboxylic acid groups (broad SMARTS) is 1. The molecule has 1 fully saturated rings. The Hall–Kier alpha value is -0.110. The molecule has 3 atom stereocenters. The predicted molar refractivity (Wildman–Crippen MR) is 144 cm³/mol. The first-order valence-electron chi connectivity index (χ1n) is 14.0. The van der Waals surface area contributed by atoms with Gasteiger partial charge in [0.1, 0.15) is 0 Å². The third kappa shape index (κ3) is 12.3. The van der Waals surface area contributed by atoms with Crippen molar-refractivity contribution in [2.24, 2.45) is 0 Å². The van der Waals surface area contributed by atoms with Gasteiger partial charge < -0.3 is 24.0 Å². The Bertz CT molecular complexity index is 600. The van der Waals surface area contributed by atoms with Gasteiger partial charge in [-0.05, 0) is 44.3 Å². The SMILES string of the molecule is CCCCCCCCCCOC(SCCC(CC)OC1CCCCC1)(C(=O)O)P(=O)(O)OCCC. The Balaban J connectivity index is 2.69. The number of rotatable bonds is 22. The molecule has 9 heteroatoms. The van der Waals surface area contributed by atoms with Gasteiger partial charge in [0, 0.05) is 6.61 Å². The Kier molecular flexibility index (Phi) is 17.9. The summed E-state index contributed by atoms with van der Waals surface area (Å²) in [4.78, 5) is 23.1. The molecule has 208 valence electrons. The van der Waals surface area contributed by atoms with Crippen molar-refractivity contribution in [3.05, 3.63) is 0 Å². The van der Waals surface area contributed by atoms with Crippen LogP contribution in [0.5, 0.6) is 0 Å². The van der Waals surface area contributed by atoms with Crippen molar-refractivity contribution in [3.8, 4) is 0 Å². The molecule has 0 heterocycles. The molecule has 7 nitrogen and oxygen atoms in total. The zero-order valence-corrected chi connectivity index (χ0v) is 24.1. The van der Waals surface area contributed by atoms with Crippen LogP contribution in [0.3, 0.4) is 0 Å². The van der Waals surface area contributed by atoms with Crippen molar-refractivity contribution in [2.45, 2.75) is 140 Å². The quantitative estimate of drug-likeness (QED) is 0.0819. The highest BCUT2D eigenvalue weighted by molar-refractivity contribution is 8.07. The molecule has 3 unspecified atom stereocenters. The fourth-order valence-corrected chi connectivity index (χ4v) is 7.49. The monoisotopic (exact) mass is 538 g/mol. The van der Waals surface area contributed by atoms with E-state index in [-0.39, 0.29) is 25.4 Å². The van der Waals surface area contributed by atoms with Gasteiger partial charge in [0.15, 0.2) is 0 Å². The maximum absolute atomic E-state index is 13.1. The Morgan fingerprint density at radius 2 is 1.60 bits per heavy atom. The summed E-state index contributed by atoms with van der Waals surface area (Å²) in [7, 11) is -4.58. The van der Waals surface area contributed by atoms with Crippen LogP contribution in [0.2, 0.25) is 0 Å². The lowest BCUT2D eigenvalue weighted by atomic mass is 9.97. The molecule has 0 aromatic carbocycles. The molecule has 0 aliphatic heterocycles. The van der Waals surface area contributed by atoms with E-state index in [0.717, 1.165) is 50.3 Å². The number of hydrogen-bond donors (Lipinski definition) is 2. The van der Waals surface area contributed by atoms with Crippen LogP contribution in [0, 0.1) is 0 Å². The van der Waals surface area contributed by atoms with Crippen LogP contribution in [-0.4, -0.2) is 51.8 Å². The van der Waals surface area contributed by atoms with Gasteiger partial charge in [-0.1, -0.05) is 85.0 Å². The van der Waals surface area contributed by atoms with Crippen LogP contribution in [0.25, 0.3) is 0 Å². The third-order valence-corrected chi connectivity index (χ3v) is 10.3. The summed E-state index contributed by atoms with van der Waals surface area (Å²) in [5.74, 6) is -1.11. The largest absolute Gasteiger partial charge is 0.478 e. The second-order valence-corrected chi connectivity index (χ2v) is 13.1. The fraction of sp³-hybridized carbons (Fsp3) is 0.962. The second kappa shape index (κ2) is 19.0.